The maximum atomic E-state index is 7.47. The number of nitrogen functional groups attached to an aromatic ring is 1. The molecule has 0 heterocycles. The lowest BCUT2D eigenvalue weighted by Crippen LogP contribution is -2.14. The quantitative estimate of drug-likeness (QED) is 0.412. The molecule has 1 aromatic rings. The molecule has 0 aromatic heterocycles. The Hall–Kier alpha value is -1.35. The van der Waals surface area contributed by atoms with Crippen LogP contribution in [0, 0.1) is 5.41 Å². The molecule has 3 nitrogen and oxygen atoms in total. The Kier molecular flexibility index (Phi) is 6.33. The van der Waals surface area contributed by atoms with E-state index >= 15 is 0 Å². The van der Waals surface area contributed by atoms with Crippen LogP contribution in [0.3, 0.4) is 0 Å². The molecule has 17 heavy (non-hydrogen) atoms. The van der Waals surface area contributed by atoms with Gasteiger partial charge in [-0.3, -0.25) is 5.41 Å². The van der Waals surface area contributed by atoms with Crippen molar-refractivity contribution in [2.24, 2.45) is 5.73 Å². The molecule has 94 valence electrons. The zero-order valence-electron chi connectivity index (χ0n) is 10.5. The highest BCUT2D eigenvalue weighted by atomic mass is 16.5. The Morgan fingerprint density at radius 2 is 2.00 bits per heavy atom. The Labute approximate surface area is 103 Å². The molecule has 3 heteroatoms. The summed E-state index contributed by atoms with van der Waals surface area (Å²) in [5.74, 6) is 0.107. The zero-order valence-corrected chi connectivity index (χ0v) is 10.5. The van der Waals surface area contributed by atoms with Crippen LogP contribution in [0.5, 0.6) is 0 Å². The van der Waals surface area contributed by atoms with E-state index < -0.39 is 0 Å². The molecule has 0 amide bonds. The van der Waals surface area contributed by atoms with Gasteiger partial charge in [0.1, 0.15) is 5.84 Å². The van der Waals surface area contributed by atoms with E-state index in [4.69, 9.17) is 15.9 Å². The molecule has 1 rings (SSSR count). The Morgan fingerprint density at radius 1 is 1.24 bits per heavy atom. The van der Waals surface area contributed by atoms with Crippen LogP contribution < -0.4 is 5.73 Å². The predicted octanol–water partition coefficient (Wildman–Crippen LogP) is 3.07. The summed E-state index contributed by atoms with van der Waals surface area (Å²) in [5.41, 5.74) is 7.29. The largest absolute Gasteiger partial charge is 0.384 e. The van der Waals surface area contributed by atoms with Crippen LogP contribution in [0.25, 0.3) is 0 Å². The van der Waals surface area contributed by atoms with Gasteiger partial charge in [-0.15, -0.1) is 0 Å². The van der Waals surface area contributed by atoms with Gasteiger partial charge in [0, 0.05) is 12.2 Å². The minimum atomic E-state index is 0.107. The normalized spacial score (nSPS) is 10.4. The lowest BCUT2D eigenvalue weighted by Gasteiger charge is -2.08. The van der Waals surface area contributed by atoms with Gasteiger partial charge in [0.25, 0.3) is 0 Å². The number of benzene rings is 1. The molecule has 0 spiro atoms. The van der Waals surface area contributed by atoms with Gasteiger partial charge in [0.2, 0.25) is 0 Å². The van der Waals surface area contributed by atoms with Crippen LogP contribution in [-0.2, 0) is 11.3 Å². The van der Waals surface area contributed by atoms with E-state index in [1.807, 2.05) is 24.3 Å². The van der Waals surface area contributed by atoms with Crippen molar-refractivity contribution in [1.29, 1.82) is 5.41 Å². The van der Waals surface area contributed by atoms with Crippen LogP contribution >= 0.6 is 0 Å². The maximum absolute atomic E-state index is 7.47. The molecule has 0 aliphatic carbocycles. The molecule has 0 radical (unpaired) electrons. The first kappa shape index (κ1) is 13.7. The first-order valence-corrected chi connectivity index (χ1v) is 6.25. The van der Waals surface area contributed by atoms with Crippen molar-refractivity contribution in [3.8, 4) is 0 Å². The minimum Gasteiger partial charge on any atom is -0.384 e. The number of ether oxygens (including phenoxy) is 1. The second kappa shape index (κ2) is 7.85. The average Bonchev–Trinajstić information content (AvgIpc) is 2.34. The number of hydrogen-bond acceptors (Lipinski definition) is 2. The first-order valence-electron chi connectivity index (χ1n) is 6.25. The molecule has 0 saturated carbocycles. The fourth-order valence-corrected chi connectivity index (χ4v) is 1.72. The van der Waals surface area contributed by atoms with E-state index in [1.54, 1.807) is 0 Å². The van der Waals surface area contributed by atoms with Crippen molar-refractivity contribution in [2.75, 3.05) is 6.61 Å². The number of nitrogens with one attached hydrogen (secondary N) is 1. The number of nitrogens with two attached hydrogens (primary N) is 1. The molecule has 3 N–H and O–H groups in total. The Bertz CT molecular complexity index is 350. The van der Waals surface area contributed by atoms with E-state index in [-0.39, 0.29) is 5.84 Å². The maximum Gasteiger partial charge on any atom is 0.123 e. The molecule has 0 fully saturated rings. The van der Waals surface area contributed by atoms with Gasteiger partial charge in [-0.2, -0.15) is 0 Å². The molecule has 0 bridgehead atoms. The van der Waals surface area contributed by atoms with Gasteiger partial charge < -0.3 is 10.5 Å². The fraction of sp³-hybridized carbons (Fsp3) is 0.500. The molecule has 1 aromatic carbocycles. The third kappa shape index (κ3) is 5.00. The van der Waals surface area contributed by atoms with E-state index in [0.29, 0.717) is 6.61 Å². The number of amidine groups is 1. The second-order valence-corrected chi connectivity index (χ2v) is 4.18. The summed E-state index contributed by atoms with van der Waals surface area (Å²) in [5, 5.41) is 7.47. The molecular weight excluding hydrogens is 212 g/mol. The molecule has 0 saturated heterocycles. The van der Waals surface area contributed by atoms with Gasteiger partial charge in [0.15, 0.2) is 0 Å². The third-order valence-corrected chi connectivity index (χ3v) is 2.71. The smallest absolute Gasteiger partial charge is 0.123 e. The van der Waals surface area contributed by atoms with Gasteiger partial charge in [0.05, 0.1) is 6.61 Å². The molecule has 0 aliphatic heterocycles. The van der Waals surface area contributed by atoms with Crippen LogP contribution in [0.1, 0.15) is 43.7 Å². The Balaban J connectivity index is 2.34. The number of hydrogen-bond donors (Lipinski definition) is 2. The van der Waals surface area contributed by atoms with Gasteiger partial charge in [-0.1, -0.05) is 50.5 Å². The van der Waals surface area contributed by atoms with Crippen LogP contribution in [-0.4, -0.2) is 12.4 Å². The lowest BCUT2D eigenvalue weighted by molar-refractivity contribution is 0.116. The highest BCUT2D eigenvalue weighted by Crippen LogP contribution is 2.10. The van der Waals surface area contributed by atoms with Gasteiger partial charge in [-0.25, -0.2) is 0 Å². The Morgan fingerprint density at radius 3 is 2.71 bits per heavy atom. The van der Waals surface area contributed by atoms with Crippen molar-refractivity contribution in [3.63, 3.8) is 0 Å². The van der Waals surface area contributed by atoms with Gasteiger partial charge in [-0.05, 0) is 12.0 Å². The fourth-order valence-electron chi connectivity index (χ4n) is 1.72. The topological polar surface area (TPSA) is 59.1 Å². The van der Waals surface area contributed by atoms with Crippen molar-refractivity contribution in [1.82, 2.24) is 0 Å². The average molecular weight is 234 g/mol. The van der Waals surface area contributed by atoms with Crippen LogP contribution in [0.15, 0.2) is 24.3 Å². The van der Waals surface area contributed by atoms with Crippen LogP contribution in [0.4, 0.5) is 0 Å². The van der Waals surface area contributed by atoms with Crippen molar-refractivity contribution < 1.29 is 4.74 Å². The minimum absolute atomic E-state index is 0.107. The monoisotopic (exact) mass is 234 g/mol. The lowest BCUT2D eigenvalue weighted by atomic mass is 10.1. The molecule has 0 atom stereocenters. The van der Waals surface area contributed by atoms with Crippen molar-refractivity contribution >= 4 is 5.84 Å². The van der Waals surface area contributed by atoms with Crippen LogP contribution in [0.2, 0.25) is 0 Å². The second-order valence-electron chi connectivity index (χ2n) is 4.18. The standard InChI is InChI=1S/C14H22N2O/c1-2-3-4-7-10-17-11-12-8-5-6-9-13(12)14(15)16/h5-6,8-9H,2-4,7,10-11H2,1H3,(H3,15,16). The van der Waals surface area contributed by atoms with Crippen molar-refractivity contribution in [2.45, 2.75) is 39.2 Å². The summed E-state index contributed by atoms with van der Waals surface area (Å²) in [6.07, 6.45) is 4.85. The molecular formula is C14H22N2O. The highest BCUT2D eigenvalue weighted by Gasteiger charge is 2.03. The first-order chi connectivity index (χ1) is 8.25. The zero-order chi connectivity index (χ0) is 12.5. The summed E-state index contributed by atoms with van der Waals surface area (Å²) >= 11 is 0. The van der Waals surface area contributed by atoms with E-state index in [1.165, 1.54) is 19.3 Å². The summed E-state index contributed by atoms with van der Waals surface area (Å²) < 4.78 is 5.60. The summed E-state index contributed by atoms with van der Waals surface area (Å²) in [6, 6.07) is 7.66. The number of rotatable bonds is 8. The summed E-state index contributed by atoms with van der Waals surface area (Å²) in [4.78, 5) is 0. The van der Waals surface area contributed by atoms with E-state index in [9.17, 15) is 0 Å². The summed E-state index contributed by atoms with van der Waals surface area (Å²) in [6.45, 7) is 3.53. The highest BCUT2D eigenvalue weighted by molar-refractivity contribution is 5.96. The molecule has 0 aliphatic rings. The van der Waals surface area contributed by atoms with E-state index in [2.05, 4.69) is 6.92 Å². The van der Waals surface area contributed by atoms with Gasteiger partial charge >= 0.3 is 0 Å². The third-order valence-electron chi connectivity index (χ3n) is 2.71. The van der Waals surface area contributed by atoms with E-state index in [0.717, 1.165) is 24.2 Å². The SMILES string of the molecule is CCCCCCOCc1ccccc1C(=N)N. The summed E-state index contributed by atoms with van der Waals surface area (Å²) in [7, 11) is 0. The molecule has 0 unspecified atom stereocenters. The predicted molar refractivity (Wildman–Crippen MR) is 71.3 cm³/mol. The van der Waals surface area contributed by atoms with Crippen molar-refractivity contribution in [3.05, 3.63) is 35.4 Å². The number of unbranched alkanes of at least 4 members (excludes halogenated alkanes) is 3.